The van der Waals surface area contributed by atoms with E-state index in [0.29, 0.717) is 0 Å². The van der Waals surface area contributed by atoms with Crippen LogP contribution in [0.4, 0.5) is 28.4 Å². The lowest BCUT2D eigenvalue weighted by molar-refractivity contribution is 0.195. The molecule has 2 atom stereocenters. The van der Waals surface area contributed by atoms with Crippen LogP contribution < -0.4 is 26.2 Å². The number of fused-ring (bicyclic) bond motifs is 15. The smallest absolute Gasteiger partial charge is 0.252 e. The van der Waals surface area contributed by atoms with E-state index in [1.165, 1.54) is 113 Å². The number of rotatable bonds is 3. The molecule has 3 nitrogen and oxygen atoms in total. The summed E-state index contributed by atoms with van der Waals surface area (Å²) in [5.41, 5.74) is 18.9. The molecule has 0 radical (unpaired) electrons. The largest absolute Gasteiger partial charge is 0.335 e. The van der Waals surface area contributed by atoms with Crippen LogP contribution in [-0.2, 0) is 16.2 Å². The summed E-state index contributed by atoms with van der Waals surface area (Å²) in [6.07, 6.45) is 4.85. The van der Waals surface area contributed by atoms with Crippen molar-refractivity contribution in [2.24, 2.45) is 0 Å². The topological polar surface area (TPSA) is 11.4 Å². The summed E-state index contributed by atoms with van der Waals surface area (Å²) in [5.74, 6) is 0. The highest BCUT2D eigenvalue weighted by Gasteiger charge is 2.61. The molecule has 13 rings (SSSR count). The number of benzene rings is 8. The van der Waals surface area contributed by atoms with E-state index in [2.05, 4.69) is 215 Å². The SMILES string of the molecule is CC(C)(C)c1cc2c3c(c1)C1(C)CCCCC1(C)N3c1cc(N(c3ccccc3)c3ccccc3)cc3c1B2c1cc(C(C)(C)C)cc2c4c5ccccc5c5ccccc5c4n-3c12. The predicted molar refractivity (Wildman–Crippen MR) is 275 cm³/mol. The summed E-state index contributed by atoms with van der Waals surface area (Å²) in [5, 5.41) is 7.97. The first-order valence-electron chi connectivity index (χ1n) is 23.8. The van der Waals surface area contributed by atoms with Crippen LogP contribution in [0.2, 0.25) is 0 Å². The minimum absolute atomic E-state index is 0.00869. The van der Waals surface area contributed by atoms with Crippen molar-refractivity contribution in [3.8, 4) is 5.69 Å². The summed E-state index contributed by atoms with van der Waals surface area (Å²) in [6, 6.07) is 56.1. The van der Waals surface area contributed by atoms with Crippen molar-refractivity contribution in [1.29, 1.82) is 0 Å². The number of hydrogen-bond donors (Lipinski definition) is 0. The fourth-order valence-electron chi connectivity index (χ4n) is 13.1. The first-order valence-corrected chi connectivity index (χ1v) is 23.8. The van der Waals surface area contributed by atoms with Gasteiger partial charge in [0.05, 0.1) is 16.7 Å². The van der Waals surface area contributed by atoms with Gasteiger partial charge in [-0.3, -0.25) is 0 Å². The zero-order valence-corrected chi connectivity index (χ0v) is 38.6. The van der Waals surface area contributed by atoms with Gasteiger partial charge in [0.1, 0.15) is 0 Å². The van der Waals surface area contributed by atoms with Gasteiger partial charge in [0.25, 0.3) is 6.71 Å². The Morgan fingerprint density at radius 2 is 1.06 bits per heavy atom. The van der Waals surface area contributed by atoms with Crippen LogP contribution in [-0.4, -0.2) is 16.8 Å². The summed E-state index contributed by atoms with van der Waals surface area (Å²) in [6.45, 7) is 19.7. The fraction of sp³-hybridized carbons (Fsp3) is 0.267. The molecular weight excluding hydrogens is 773 g/mol. The quantitative estimate of drug-likeness (QED) is 0.130. The van der Waals surface area contributed by atoms with Crippen molar-refractivity contribution >= 4 is 94.9 Å². The van der Waals surface area contributed by atoms with Gasteiger partial charge < -0.3 is 14.4 Å². The molecule has 9 aromatic rings. The van der Waals surface area contributed by atoms with E-state index >= 15 is 0 Å². The molecule has 0 N–H and O–H groups in total. The van der Waals surface area contributed by atoms with Crippen LogP contribution in [0.3, 0.4) is 0 Å². The van der Waals surface area contributed by atoms with E-state index in [1.807, 2.05) is 0 Å². The molecule has 1 aromatic heterocycles. The first kappa shape index (κ1) is 38.2. The molecule has 3 aliphatic heterocycles. The van der Waals surface area contributed by atoms with Gasteiger partial charge in [0.15, 0.2) is 0 Å². The van der Waals surface area contributed by atoms with Crippen LogP contribution >= 0.6 is 0 Å². The van der Waals surface area contributed by atoms with Gasteiger partial charge in [-0.15, -0.1) is 0 Å². The molecule has 8 aromatic carbocycles. The molecule has 1 saturated carbocycles. The van der Waals surface area contributed by atoms with Crippen LogP contribution in [0.5, 0.6) is 0 Å². The highest BCUT2D eigenvalue weighted by Crippen LogP contribution is 2.62. The lowest BCUT2D eigenvalue weighted by atomic mass is 9.33. The Bertz CT molecular complexity index is 3420. The van der Waals surface area contributed by atoms with E-state index in [4.69, 9.17) is 0 Å². The van der Waals surface area contributed by atoms with E-state index in [0.717, 1.165) is 17.8 Å². The van der Waals surface area contributed by atoms with Crippen LogP contribution in [0.25, 0.3) is 49.0 Å². The Hall–Kier alpha value is -6.26. The maximum absolute atomic E-state index is 2.91. The molecule has 1 fully saturated rings. The third kappa shape index (κ3) is 4.84. The molecule has 4 heterocycles. The van der Waals surface area contributed by atoms with Gasteiger partial charge in [-0.05, 0) is 122 Å². The molecule has 4 heteroatoms. The lowest BCUT2D eigenvalue weighted by Crippen LogP contribution is -2.64. The minimum Gasteiger partial charge on any atom is -0.335 e. The van der Waals surface area contributed by atoms with Gasteiger partial charge in [0, 0.05) is 55.5 Å². The Morgan fingerprint density at radius 3 is 1.72 bits per heavy atom. The van der Waals surface area contributed by atoms with Gasteiger partial charge in [-0.2, -0.15) is 0 Å². The Balaban J connectivity index is 1.28. The maximum Gasteiger partial charge on any atom is 0.252 e. The minimum atomic E-state index is -0.106. The molecule has 2 unspecified atom stereocenters. The summed E-state index contributed by atoms with van der Waals surface area (Å²) in [4.78, 5) is 5.41. The molecule has 4 aliphatic rings. The van der Waals surface area contributed by atoms with Crippen molar-refractivity contribution in [2.45, 2.75) is 103 Å². The standard InChI is InChI=1S/C60H56BN3/c1-57(2,3)37-31-46-52-44-27-17-15-25-42(44)43-26-16-18-28-45(43)55(52)63-50-35-41(62(39-21-11-9-12-22-39)40-23-13-10-14-24-40)36-51-53(50)61(48(33-37)54(46)63)49-34-38(58(4,5)6)32-47-56(49)64(51)60(8)30-20-19-29-59(47,60)7/h9-18,21-28,31-36H,19-20,29-30H2,1-8H3. The van der Waals surface area contributed by atoms with Crippen LogP contribution in [0.1, 0.15) is 97.8 Å². The van der Waals surface area contributed by atoms with Crippen LogP contribution in [0.15, 0.2) is 146 Å². The Kier molecular flexibility index (Phi) is 7.60. The second-order valence-corrected chi connectivity index (χ2v) is 22.1. The highest BCUT2D eigenvalue weighted by atomic mass is 15.3. The lowest BCUT2D eigenvalue weighted by Gasteiger charge is -2.52. The van der Waals surface area contributed by atoms with Gasteiger partial charge in [-0.25, -0.2) is 0 Å². The molecule has 64 heavy (non-hydrogen) atoms. The summed E-state index contributed by atoms with van der Waals surface area (Å²) in [7, 11) is 0. The fourth-order valence-corrected chi connectivity index (χ4v) is 13.1. The molecule has 1 aliphatic carbocycles. The van der Waals surface area contributed by atoms with E-state index in [9.17, 15) is 0 Å². The molecule has 0 spiro atoms. The third-order valence-electron chi connectivity index (χ3n) is 16.5. The second-order valence-electron chi connectivity index (χ2n) is 22.1. The van der Waals surface area contributed by atoms with E-state index in [-0.39, 0.29) is 28.5 Å². The third-order valence-corrected chi connectivity index (χ3v) is 16.5. The summed E-state index contributed by atoms with van der Waals surface area (Å²) < 4.78 is 2.74. The zero-order chi connectivity index (χ0) is 43.7. The number of para-hydroxylation sites is 2. The van der Waals surface area contributed by atoms with Gasteiger partial charge >= 0.3 is 0 Å². The summed E-state index contributed by atoms with van der Waals surface area (Å²) >= 11 is 0. The number of nitrogens with zero attached hydrogens (tertiary/aromatic N) is 3. The van der Waals surface area contributed by atoms with E-state index < -0.39 is 0 Å². The molecule has 0 amide bonds. The van der Waals surface area contributed by atoms with Crippen molar-refractivity contribution in [3.63, 3.8) is 0 Å². The monoisotopic (exact) mass is 829 g/mol. The van der Waals surface area contributed by atoms with Gasteiger partial charge in [-0.1, -0.05) is 164 Å². The molecule has 0 bridgehead atoms. The Morgan fingerprint density at radius 1 is 0.516 bits per heavy atom. The second kappa shape index (κ2) is 12.7. The highest BCUT2D eigenvalue weighted by molar-refractivity contribution is 7.00. The van der Waals surface area contributed by atoms with Crippen molar-refractivity contribution in [2.75, 3.05) is 9.80 Å². The van der Waals surface area contributed by atoms with Crippen LogP contribution in [0, 0.1) is 0 Å². The molecular formula is C60H56BN3. The average Bonchev–Trinajstić information content (AvgIpc) is 3.75. The van der Waals surface area contributed by atoms with E-state index in [1.54, 1.807) is 5.56 Å². The number of aromatic nitrogens is 1. The van der Waals surface area contributed by atoms with Crippen molar-refractivity contribution in [3.05, 3.63) is 162 Å². The number of hydrogen-bond acceptors (Lipinski definition) is 2. The number of anilines is 5. The van der Waals surface area contributed by atoms with Crippen molar-refractivity contribution < 1.29 is 0 Å². The first-order chi connectivity index (χ1) is 30.8. The molecule has 314 valence electrons. The normalized spacial score (nSPS) is 19.7. The maximum atomic E-state index is 2.91. The molecule has 0 saturated heterocycles. The Labute approximate surface area is 378 Å². The zero-order valence-electron chi connectivity index (χ0n) is 38.6. The predicted octanol–water partition coefficient (Wildman–Crippen LogP) is 14.0. The van der Waals surface area contributed by atoms with Gasteiger partial charge in [0.2, 0.25) is 0 Å². The van der Waals surface area contributed by atoms with Crippen molar-refractivity contribution in [1.82, 2.24) is 4.57 Å². The average molecular weight is 830 g/mol.